The van der Waals surface area contributed by atoms with Crippen LogP contribution in [-0.2, 0) is 24.1 Å². The number of nitro benzene ring substituents is 1. The van der Waals surface area contributed by atoms with Gasteiger partial charge in [-0.05, 0) is 43.0 Å². The summed E-state index contributed by atoms with van der Waals surface area (Å²) in [6.45, 7) is 0. The molecule has 0 N–H and O–H groups in total. The molecule has 0 radical (unpaired) electrons. The van der Waals surface area contributed by atoms with Crippen molar-refractivity contribution in [3.8, 4) is 0 Å². The number of nitro groups is 1. The highest BCUT2D eigenvalue weighted by atomic mass is 32.2. The fraction of sp³-hybridized carbons (Fsp3) is 0.278. The van der Waals surface area contributed by atoms with E-state index < -0.39 is 4.92 Å². The maximum atomic E-state index is 12.6. The van der Waals surface area contributed by atoms with Crippen LogP contribution in [0.4, 0.5) is 5.69 Å². The Bertz CT molecular complexity index is 1020. The van der Waals surface area contributed by atoms with E-state index in [4.69, 9.17) is 0 Å². The Balaban J connectivity index is 1.63. The van der Waals surface area contributed by atoms with Crippen molar-refractivity contribution < 1.29 is 9.72 Å². The molecule has 0 spiro atoms. The number of thioether (sulfide) groups is 1. The zero-order valence-electron chi connectivity index (χ0n) is 13.8. The van der Waals surface area contributed by atoms with Crippen LogP contribution in [0, 0.1) is 10.1 Å². The van der Waals surface area contributed by atoms with Gasteiger partial charge in [0, 0.05) is 28.3 Å². The first-order valence-electron chi connectivity index (χ1n) is 8.31. The molecule has 8 heteroatoms. The van der Waals surface area contributed by atoms with Crippen molar-refractivity contribution in [2.45, 2.75) is 37.1 Å². The van der Waals surface area contributed by atoms with Gasteiger partial charge in [0.25, 0.3) is 5.69 Å². The summed E-state index contributed by atoms with van der Waals surface area (Å²) in [7, 11) is 0. The van der Waals surface area contributed by atoms with Crippen LogP contribution < -0.4 is 0 Å². The molecule has 1 aliphatic rings. The van der Waals surface area contributed by atoms with E-state index in [2.05, 4.69) is 9.97 Å². The van der Waals surface area contributed by atoms with Gasteiger partial charge in [-0.3, -0.25) is 14.9 Å². The van der Waals surface area contributed by atoms with Gasteiger partial charge in [0.05, 0.1) is 4.92 Å². The first-order chi connectivity index (χ1) is 12.6. The van der Waals surface area contributed by atoms with Gasteiger partial charge in [-0.25, -0.2) is 9.97 Å². The maximum absolute atomic E-state index is 12.6. The Morgan fingerprint density at radius 1 is 1.23 bits per heavy atom. The average molecular weight is 385 g/mol. The molecule has 6 nitrogen and oxygen atoms in total. The van der Waals surface area contributed by atoms with Gasteiger partial charge < -0.3 is 0 Å². The minimum atomic E-state index is -0.453. The third kappa shape index (κ3) is 3.22. The lowest BCUT2D eigenvalue weighted by molar-refractivity contribution is -0.385. The van der Waals surface area contributed by atoms with Crippen molar-refractivity contribution in [2.75, 3.05) is 0 Å². The Morgan fingerprint density at radius 2 is 2.04 bits per heavy atom. The molecule has 2 aromatic heterocycles. The number of hydrogen-bond donors (Lipinski definition) is 0. The van der Waals surface area contributed by atoms with Gasteiger partial charge in [-0.1, -0.05) is 18.2 Å². The molecule has 0 unspecified atom stereocenters. The van der Waals surface area contributed by atoms with Crippen LogP contribution in [0.5, 0.6) is 0 Å². The van der Waals surface area contributed by atoms with Crippen LogP contribution in [-0.4, -0.2) is 20.0 Å². The Morgan fingerprint density at radius 3 is 2.88 bits per heavy atom. The predicted octanol–water partition coefficient (Wildman–Crippen LogP) is 4.34. The highest BCUT2D eigenvalue weighted by Gasteiger charge is 2.22. The van der Waals surface area contributed by atoms with E-state index in [0.717, 1.165) is 41.2 Å². The summed E-state index contributed by atoms with van der Waals surface area (Å²) >= 11 is 2.75. The van der Waals surface area contributed by atoms with Gasteiger partial charge in [0.1, 0.15) is 16.2 Å². The zero-order valence-corrected chi connectivity index (χ0v) is 15.4. The smallest absolute Gasteiger partial charge is 0.273 e. The molecule has 1 aromatic carbocycles. The van der Waals surface area contributed by atoms with Crippen LogP contribution in [0.2, 0.25) is 0 Å². The molecule has 132 valence electrons. The number of hydrogen-bond acceptors (Lipinski definition) is 7. The van der Waals surface area contributed by atoms with Crippen molar-refractivity contribution in [1.82, 2.24) is 9.97 Å². The van der Waals surface area contributed by atoms with Crippen LogP contribution >= 0.6 is 23.1 Å². The predicted molar refractivity (Wildman–Crippen MR) is 102 cm³/mol. The van der Waals surface area contributed by atoms with E-state index >= 15 is 0 Å². The third-order valence-electron chi connectivity index (χ3n) is 4.45. The molecule has 1 aliphatic carbocycles. The van der Waals surface area contributed by atoms with Crippen molar-refractivity contribution >= 4 is 44.1 Å². The number of carbonyl (C=O) groups is 1. The quantitative estimate of drug-likeness (QED) is 0.287. The topological polar surface area (TPSA) is 86.0 Å². The Labute approximate surface area is 157 Å². The van der Waals surface area contributed by atoms with E-state index in [1.807, 2.05) is 0 Å². The maximum Gasteiger partial charge on any atom is 0.273 e. The third-order valence-corrected chi connectivity index (χ3v) is 6.52. The molecule has 0 amide bonds. The van der Waals surface area contributed by atoms with Crippen LogP contribution in [0.3, 0.4) is 0 Å². The van der Waals surface area contributed by atoms with Gasteiger partial charge in [-0.15, -0.1) is 11.3 Å². The molecular formula is C18H15N3O3S2. The molecular weight excluding hydrogens is 370 g/mol. The highest BCUT2D eigenvalue weighted by molar-refractivity contribution is 8.13. The van der Waals surface area contributed by atoms with Gasteiger partial charge in [-0.2, -0.15) is 0 Å². The fourth-order valence-electron chi connectivity index (χ4n) is 3.28. The summed E-state index contributed by atoms with van der Waals surface area (Å²) < 4.78 is 0. The van der Waals surface area contributed by atoms with Crippen LogP contribution in [0.1, 0.15) is 28.8 Å². The first-order valence-corrected chi connectivity index (χ1v) is 9.95. The minimum absolute atomic E-state index is 0.000353. The minimum Gasteiger partial charge on any atom is -0.286 e. The molecule has 0 saturated heterocycles. The van der Waals surface area contributed by atoms with Gasteiger partial charge in [0.15, 0.2) is 5.12 Å². The SMILES string of the molecule is O=C(Cc1ccccc1[N+](=O)[O-])Sc1ncnc2sc3c(c12)CCCC3. The fourth-order valence-corrected chi connectivity index (χ4v) is 5.44. The van der Waals surface area contributed by atoms with Crippen molar-refractivity contribution in [1.29, 1.82) is 0 Å². The molecule has 0 fully saturated rings. The number of carbonyl (C=O) groups excluding carboxylic acids is 1. The summed E-state index contributed by atoms with van der Waals surface area (Å²) in [5.74, 6) is 0. The summed E-state index contributed by atoms with van der Waals surface area (Å²) in [6.07, 6.45) is 5.87. The second kappa shape index (κ2) is 7.13. The molecule has 0 atom stereocenters. The van der Waals surface area contributed by atoms with Crippen molar-refractivity contribution in [3.63, 3.8) is 0 Å². The van der Waals surface area contributed by atoms with Crippen LogP contribution in [0.15, 0.2) is 35.6 Å². The monoisotopic (exact) mass is 385 g/mol. The molecule has 2 heterocycles. The first kappa shape index (κ1) is 17.1. The Hall–Kier alpha value is -2.32. The zero-order chi connectivity index (χ0) is 18.1. The van der Waals surface area contributed by atoms with E-state index in [1.54, 1.807) is 29.5 Å². The second-order valence-electron chi connectivity index (χ2n) is 6.11. The summed E-state index contributed by atoms with van der Waals surface area (Å²) in [5, 5.41) is 12.6. The lowest BCUT2D eigenvalue weighted by atomic mass is 9.97. The van der Waals surface area contributed by atoms with Crippen LogP contribution in [0.25, 0.3) is 10.2 Å². The molecule has 4 rings (SSSR count). The highest BCUT2D eigenvalue weighted by Crippen LogP contribution is 2.39. The van der Waals surface area contributed by atoms with Crippen molar-refractivity contribution in [3.05, 3.63) is 56.7 Å². The normalized spacial score (nSPS) is 13.5. The number of benzene rings is 1. The molecule has 0 saturated carbocycles. The van der Waals surface area contributed by atoms with E-state index in [-0.39, 0.29) is 17.2 Å². The lowest BCUT2D eigenvalue weighted by Gasteiger charge is -2.11. The van der Waals surface area contributed by atoms with E-state index in [1.165, 1.54) is 29.3 Å². The number of aryl methyl sites for hydroxylation is 2. The number of thiophene rings is 1. The molecule has 0 bridgehead atoms. The standard InChI is InChI=1S/C18H15N3O3S2/c22-15(9-11-5-1-3-7-13(11)21(23)24)26-18-16-12-6-2-4-8-14(12)25-17(16)19-10-20-18/h1,3,5,7,10H,2,4,6,8-9H2. The average Bonchev–Trinajstić information content (AvgIpc) is 3.01. The summed E-state index contributed by atoms with van der Waals surface area (Å²) in [6, 6.07) is 6.35. The van der Waals surface area contributed by atoms with E-state index in [9.17, 15) is 14.9 Å². The number of fused-ring (bicyclic) bond motifs is 3. The number of nitrogens with zero attached hydrogens (tertiary/aromatic N) is 3. The number of aromatic nitrogens is 2. The van der Waals surface area contributed by atoms with Gasteiger partial charge >= 0.3 is 0 Å². The van der Waals surface area contributed by atoms with Gasteiger partial charge in [0.2, 0.25) is 0 Å². The molecule has 3 aromatic rings. The largest absolute Gasteiger partial charge is 0.286 e. The molecule has 0 aliphatic heterocycles. The number of rotatable bonds is 4. The lowest BCUT2D eigenvalue weighted by Crippen LogP contribution is -2.03. The second-order valence-corrected chi connectivity index (χ2v) is 8.24. The summed E-state index contributed by atoms with van der Waals surface area (Å²) in [5.41, 5.74) is 1.67. The summed E-state index contributed by atoms with van der Waals surface area (Å²) in [4.78, 5) is 34.2. The molecule has 26 heavy (non-hydrogen) atoms. The van der Waals surface area contributed by atoms with Crippen molar-refractivity contribution in [2.24, 2.45) is 0 Å². The van der Waals surface area contributed by atoms with E-state index in [0.29, 0.717) is 10.6 Å². The Kier molecular flexibility index (Phi) is 4.69. The number of para-hydroxylation sites is 1.